The number of anilines is 2. The van der Waals surface area contributed by atoms with Crippen molar-refractivity contribution in [2.24, 2.45) is 0 Å². The van der Waals surface area contributed by atoms with E-state index in [9.17, 15) is 22.8 Å². The monoisotopic (exact) mass is 470 g/mol. The molecule has 33 heavy (non-hydrogen) atoms. The number of amides is 1. The Morgan fingerprint density at radius 3 is 2.73 bits per heavy atom. The highest BCUT2D eigenvalue weighted by molar-refractivity contribution is 7.17. The summed E-state index contributed by atoms with van der Waals surface area (Å²) in [5.41, 5.74) is 1.09. The molecule has 0 saturated carbocycles. The molecule has 2 N–H and O–H groups in total. The molecular formula is C23H17F3N4O2S. The zero-order valence-electron chi connectivity index (χ0n) is 17.0. The van der Waals surface area contributed by atoms with E-state index in [-0.39, 0.29) is 16.8 Å². The van der Waals surface area contributed by atoms with Crippen molar-refractivity contribution in [2.75, 3.05) is 17.2 Å². The van der Waals surface area contributed by atoms with Crippen molar-refractivity contribution in [1.29, 1.82) is 0 Å². The van der Waals surface area contributed by atoms with Gasteiger partial charge in [0.2, 0.25) is 0 Å². The summed E-state index contributed by atoms with van der Waals surface area (Å²) >= 11 is 1.54. The number of hydrogen-bond donors (Lipinski definition) is 2. The first-order valence-electron chi connectivity index (χ1n) is 9.84. The number of benzene rings is 2. The summed E-state index contributed by atoms with van der Waals surface area (Å²) in [5, 5.41) is 7.71. The van der Waals surface area contributed by atoms with Gasteiger partial charge in [-0.15, -0.1) is 11.3 Å². The largest absolute Gasteiger partial charge is 0.416 e. The van der Waals surface area contributed by atoms with Gasteiger partial charge in [0.1, 0.15) is 12.1 Å². The first-order chi connectivity index (χ1) is 15.8. The molecule has 168 valence electrons. The Hall–Kier alpha value is -3.79. The van der Waals surface area contributed by atoms with Gasteiger partial charge in [-0.25, -0.2) is 9.97 Å². The topological polar surface area (TPSA) is 84.0 Å². The number of nitrogens with zero attached hydrogens (tertiary/aromatic N) is 2. The third-order valence-electron chi connectivity index (χ3n) is 4.89. The Morgan fingerprint density at radius 1 is 1.09 bits per heavy atom. The van der Waals surface area contributed by atoms with E-state index >= 15 is 0 Å². The lowest BCUT2D eigenvalue weighted by Gasteiger charge is -2.12. The van der Waals surface area contributed by atoms with E-state index < -0.39 is 17.6 Å². The quantitative estimate of drug-likeness (QED) is 0.352. The third kappa shape index (κ3) is 5.17. The molecular weight excluding hydrogens is 453 g/mol. The summed E-state index contributed by atoms with van der Waals surface area (Å²) in [6.45, 7) is 0.554. The summed E-state index contributed by atoms with van der Waals surface area (Å²) in [4.78, 5) is 32.5. The van der Waals surface area contributed by atoms with Crippen molar-refractivity contribution in [1.82, 2.24) is 9.97 Å². The van der Waals surface area contributed by atoms with Gasteiger partial charge in [0.15, 0.2) is 6.29 Å². The SMILES string of the molecule is O=Cc1cc(CCNc2ncnc3ccsc23)ccc1NC(=O)c1cccc(C(F)(F)F)c1. The van der Waals surface area contributed by atoms with Crippen LogP contribution in [0.5, 0.6) is 0 Å². The first kappa shape index (κ1) is 22.4. The van der Waals surface area contributed by atoms with Gasteiger partial charge in [0.25, 0.3) is 5.91 Å². The smallest absolute Gasteiger partial charge is 0.368 e. The predicted molar refractivity (Wildman–Crippen MR) is 121 cm³/mol. The maximum absolute atomic E-state index is 12.9. The van der Waals surface area contributed by atoms with Crippen LogP contribution in [0.15, 0.2) is 60.2 Å². The van der Waals surface area contributed by atoms with Crippen LogP contribution in [-0.2, 0) is 12.6 Å². The standard InChI is InChI=1S/C23H17F3N4O2S/c24-23(25,26)17-3-1-2-15(11-17)22(32)30-18-5-4-14(10-16(18)12-31)6-8-27-21-20-19(7-9-33-20)28-13-29-21/h1-5,7,9-13H,6,8H2,(H,30,32)(H,27,28,29). The molecule has 1 amide bonds. The molecule has 0 fully saturated rings. The second-order valence-electron chi connectivity index (χ2n) is 7.11. The Balaban J connectivity index is 1.43. The fourth-order valence-corrected chi connectivity index (χ4v) is 4.06. The van der Waals surface area contributed by atoms with Crippen LogP contribution in [0.4, 0.5) is 24.7 Å². The van der Waals surface area contributed by atoms with Crippen molar-refractivity contribution >= 4 is 45.3 Å². The Morgan fingerprint density at radius 2 is 1.94 bits per heavy atom. The van der Waals surface area contributed by atoms with Gasteiger partial charge in [-0.1, -0.05) is 12.1 Å². The summed E-state index contributed by atoms with van der Waals surface area (Å²) < 4.78 is 39.7. The minimum absolute atomic E-state index is 0.153. The third-order valence-corrected chi connectivity index (χ3v) is 5.80. The van der Waals surface area contributed by atoms with Gasteiger partial charge in [0.05, 0.1) is 21.5 Å². The zero-order valence-corrected chi connectivity index (χ0v) is 17.8. The van der Waals surface area contributed by atoms with E-state index in [1.165, 1.54) is 23.7 Å². The van der Waals surface area contributed by atoms with Gasteiger partial charge < -0.3 is 10.6 Å². The molecule has 0 aliphatic heterocycles. The van der Waals surface area contributed by atoms with E-state index in [1.54, 1.807) is 18.2 Å². The zero-order chi connectivity index (χ0) is 23.4. The van der Waals surface area contributed by atoms with Gasteiger partial charge in [-0.05, 0) is 53.8 Å². The summed E-state index contributed by atoms with van der Waals surface area (Å²) in [5.74, 6) is -0.00192. The number of fused-ring (bicyclic) bond motifs is 1. The molecule has 2 aromatic heterocycles. The molecule has 10 heteroatoms. The Kier molecular flexibility index (Phi) is 6.36. The van der Waals surface area contributed by atoms with Crippen LogP contribution >= 0.6 is 11.3 Å². The second kappa shape index (κ2) is 9.37. The number of hydrogen-bond acceptors (Lipinski definition) is 6. The van der Waals surface area contributed by atoms with Crippen molar-refractivity contribution < 1.29 is 22.8 Å². The molecule has 0 aliphatic rings. The fourth-order valence-electron chi connectivity index (χ4n) is 3.25. The number of carbonyl (C=O) groups excluding carboxylic acids is 2. The number of carbonyl (C=O) groups is 2. The van der Waals surface area contributed by atoms with Crippen LogP contribution < -0.4 is 10.6 Å². The molecule has 0 unspecified atom stereocenters. The number of thiophene rings is 1. The molecule has 6 nitrogen and oxygen atoms in total. The van der Waals surface area contributed by atoms with Crippen LogP contribution in [0.2, 0.25) is 0 Å². The average molecular weight is 470 g/mol. The number of nitrogens with one attached hydrogen (secondary N) is 2. The van der Waals surface area contributed by atoms with Gasteiger partial charge in [-0.2, -0.15) is 13.2 Å². The van der Waals surface area contributed by atoms with Gasteiger partial charge >= 0.3 is 6.18 Å². The fraction of sp³-hybridized carbons (Fsp3) is 0.130. The van der Waals surface area contributed by atoms with E-state index in [1.807, 2.05) is 11.4 Å². The highest BCUT2D eigenvalue weighted by Crippen LogP contribution is 2.30. The lowest BCUT2D eigenvalue weighted by Crippen LogP contribution is -2.15. The molecule has 0 spiro atoms. The van der Waals surface area contributed by atoms with Crippen molar-refractivity contribution in [2.45, 2.75) is 12.6 Å². The van der Waals surface area contributed by atoms with Gasteiger partial charge in [0, 0.05) is 17.7 Å². The number of alkyl halides is 3. The summed E-state index contributed by atoms with van der Waals surface area (Å²) in [6, 6.07) is 11.0. The van der Waals surface area contributed by atoms with Crippen LogP contribution in [0, 0.1) is 0 Å². The van der Waals surface area contributed by atoms with E-state index in [4.69, 9.17) is 0 Å². The van der Waals surface area contributed by atoms with Crippen molar-refractivity contribution in [3.05, 3.63) is 82.5 Å². The maximum atomic E-state index is 12.9. The van der Waals surface area contributed by atoms with Crippen molar-refractivity contribution in [3.63, 3.8) is 0 Å². The highest BCUT2D eigenvalue weighted by Gasteiger charge is 2.30. The number of aromatic nitrogens is 2. The Bertz CT molecular complexity index is 1320. The minimum Gasteiger partial charge on any atom is -0.368 e. The molecule has 0 atom stereocenters. The Labute approximate surface area is 190 Å². The van der Waals surface area contributed by atoms with E-state index in [0.717, 1.165) is 39.8 Å². The van der Waals surface area contributed by atoms with Gasteiger partial charge in [-0.3, -0.25) is 9.59 Å². The van der Waals surface area contributed by atoms with Crippen LogP contribution in [0.1, 0.15) is 31.8 Å². The molecule has 4 rings (SSSR count). The number of rotatable bonds is 7. The number of halogens is 3. The molecule has 4 aromatic rings. The van der Waals surface area contributed by atoms with Crippen LogP contribution in [-0.4, -0.2) is 28.7 Å². The van der Waals surface area contributed by atoms with Crippen LogP contribution in [0.25, 0.3) is 10.2 Å². The normalized spacial score (nSPS) is 11.4. The lowest BCUT2D eigenvalue weighted by molar-refractivity contribution is -0.137. The lowest BCUT2D eigenvalue weighted by atomic mass is 10.1. The van der Waals surface area contributed by atoms with E-state index in [0.29, 0.717) is 19.3 Å². The minimum atomic E-state index is -4.55. The summed E-state index contributed by atoms with van der Waals surface area (Å²) in [6.07, 6.45) is -1.89. The van der Waals surface area contributed by atoms with Crippen LogP contribution in [0.3, 0.4) is 0 Å². The number of aldehydes is 1. The predicted octanol–water partition coefficient (Wildman–Crippen LogP) is 5.43. The molecule has 0 aliphatic carbocycles. The first-order valence-corrected chi connectivity index (χ1v) is 10.7. The molecule has 0 radical (unpaired) electrons. The molecule has 2 heterocycles. The summed E-state index contributed by atoms with van der Waals surface area (Å²) in [7, 11) is 0. The molecule has 0 saturated heterocycles. The maximum Gasteiger partial charge on any atom is 0.416 e. The van der Waals surface area contributed by atoms with Crippen molar-refractivity contribution in [3.8, 4) is 0 Å². The molecule has 0 bridgehead atoms. The molecule has 2 aromatic carbocycles. The van der Waals surface area contributed by atoms with E-state index in [2.05, 4.69) is 20.6 Å². The second-order valence-corrected chi connectivity index (χ2v) is 8.02. The highest BCUT2D eigenvalue weighted by atomic mass is 32.1. The average Bonchev–Trinajstić information content (AvgIpc) is 3.29.